The van der Waals surface area contributed by atoms with Gasteiger partial charge in [-0.05, 0) is 38.5 Å². The molecule has 1 heterocycles. The molecule has 2 rings (SSSR count). The highest BCUT2D eigenvalue weighted by Crippen LogP contribution is 2.24. The van der Waals surface area contributed by atoms with Gasteiger partial charge >= 0.3 is 0 Å². The van der Waals surface area contributed by atoms with Crippen molar-refractivity contribution in [2.24, 2.45) is 0 Å². The molecule has 1 aromatic carbocycles. The molecular weight excluding hydrogens is 212 g/mol. The minimum absolute atomic E-state index is 0.315. The number of hydrogen-bond acceptors (Lipinski definition) is 3. The van der Waals surface area contributed by atoms with Crippen molar-refractivity contribution in [3.8, 4) is 0 Å². The maximum absolute atomic E-state index is 5.76. The van der Waals surface area contributed by atoms with Crippen LogP contribution >= 0.6 is 0 Å². The normalized spacial score (nSPS) is 27.9. The molecule has 0 aromatic heterocycles. The summed E-state index contributed by atoms with van der Waals surface area (Å²) in [6, 6.07) is 8.60. The molecule has 3 nitrogen and oxygen atoms in total. The van der Waals surface area contributed by atoms with Gasteiger partial charge in [0.15, 0.2) is 0 Å². The highest BCUT2D eigenvalue weighted by Gasteiger charge is 2.26. The van der Waals surface area contributed by atoms with Crippen LogP contribution in [0.4, 0.5) is 5.69 Å². The number of morpholine rings is 1. The van der Waals surface area contributed by atoms with E-state index in [0.717, 1.165) is 18.8 Å². The van der Waals surface area contributed by atoms with Crippen molar-refractivity contribution in [3.05, 3.63) is 29.8 Å². The summed E-state index contributed by atoms with van der Waals surface area (Å²) < 4.78 is 5.76. The van der Waals surface area contributed by atoms with Gasteiger partial charge in [0, 0.05) is 24.8 Å². The Morgan fingerprint density at radius 1 is 1.18 bits per heavy atom. The van der Waals surface area contributed by atoms with Gasteiger partial charge in [0.2, 0.25) is 0 Å². The molecule has 0 spiro atoms. The van der Waals surface area contributed by atoms with Crippen molar-refractivity contribution < 1.29 is 4.74 Å². The number of anilines is 1. The fraction of sp³-hybridized carbons (Fsp3) is 0.571. The van der Waals surface area contributed by atoms with E-state index in [1.54, 1.807) is 0 Å². The molecule has 1 aliphatic heterocycles. The van der Waals surface area contributed by atoms with E-state index in [9.17, 15) is 0 Å². The largest absolute Gasteiger partial charge is 0.399 e. The second-order valence-electron chi connectivity index (χ2n) is 5.05. The third-order valence-corrected chi connectivity index (χ3v) is 3.41. The molecule has 3 heteroatoms. The van der Waals surface area contributed by atoms with Crippen LogP contribution in [0.5, 0.6) is 0 Å². The average Bonchev–Trinajstić information content (AvgIpc) is 2.28. The summed E-state index contributed by atoms with van der Waals surface area (Å²) in [6.45, 7) is 8.51. The first-order valence-corrected chi connectivity index (χ1v) is 6.31. The third-order valence-electron chi connectivity index (χ3n) is 3.41. The van der Waals surface area contributed by atoms with Crippen LogP contribution in [0.1, 0.15) is 32.4 Å². The van der Waals surface area contributed by atoms with Gasteiger partial charge in [-0.15, -0.1) is 0 Å². The van der Waals surface area contributed by atoms with Gasteiger partial charge in [-0.25, -0.2) is 0 Å². The quantitative estimate of drug-likeness (QED) is 0.799. The zero-order valence-corrected chi connectivity index (χ0v) is 10.9. The second kappa shape index (κ2) is 5.07. The Labute approximate surface area is 104 Å². The molecule has 0 aliphatic carbocycles. The molecule has 0 radical (unpaired) electrons. The van der Waals surface area contributed by atoms with Gasteiger partial charge in [-0.2, -0.15) is 0 Å². The molecule has 1 aromatic rings. The van der Waals surface area contributed by atoms with Crippen molar-refractivity contribution >= 4 is 5.69 Å². The SMILES string of the molecule is CC(c1ccc(N)cc1)N1C[C@@H](C)O[C@@H](C)C1. The molecule has 1 fully saturated rings. The Morgan fingerprint density at radius 3 is 2.24 bits per heavy atom. The maximum atomic E-state index is 5.76. The lowest BCUT2D eigenvalue weighted by Crippen LogP contribution is -2.46. The molecular formula is C14H22N2O. The van der Waals surface area contributed by atoms with Crippen LogP contribution in [0.15, 0.2) is 24.3 Å². The smallest absolute Gasteiger partial charge is 0.0678 e. The zero-order valence-electron chi connectivity index (χ0n) is 10.9. The van der Waals surface area contributed by atoms with Crippen molar-refractivity contribution in [1.82, 2.24) is 4.90 Å². The van der Waals surface area contributed by atoms with Crippen LogP contribution in [0.25, 0.3) is 0 Å². The first-order chi connectivity index (χ1) is 8.06. The van der Waals surface area contributed by atoms with Crippen molar-refractivity contribution in [3.63, 3.8) is 0 Å². The lowest BCUT2D eigenvalue weighted by molar-refractivity contribution is -0.0789. The van der Waals surface area contributed by atoms with Gasteiger partial charge < -0.3 is 10.5 Å². The van der Waals surface area contributed by atoms with Gasteiger partial charge in [0.25, 0.3) is 0 Å². The van der Waals surface area contributed by atoms with E-state index in [4.69, 9.17) is 10.5 Å². The maximum Gasteiger partial charge on any atom is 0.0678 e. The molecule has 2 N–H and O–H groups in total. The number of nitrogens with zero attached hydrogens (tertiary/aromatic N) is 1. The molecule has 94 valence electrons. The summed E-state index contributed by atoms with van der Waals surface area (Å²) >= 11 is 0. The Hall–Kier alpha value is -1.06. The number of hydrogen-bond donors (Lipinski definition) is 1. The minimum Gasteiger partial charge on any atom is -0.399 e. The topological polar surface area (TPSA) is 38.5 Å². The van der Waals surface area contributed by atoms with Crippen LogP contribution in [0, 0.1) is 0 Å². The lowest BCUT2D eigenvalue weighted by atomic mass is 10.0. The number of rotatable bonds is 2. The predicted molar refractivity (Wildman–Crippen MR) is 70.9 cm³/mol. The third kappa shape index (κ3) is 2.99. The minimum atomic E-state index is 0.315. The van der Waals surface area contributed by atoms with Crippen molar-refractivity contribution in [2.45, 2.75) is 39.0 Å². The number of ether oxygens (including phenoxy) is 1. The van der Waals surface area contributed by atoms with Gasteiger partial charge in [-0.3, -0.25) is 4.90 Å². The summed E-state index contributed by atoms with van der Waals surface area (Å²) in [7, 11) is 0. The summed E-state index contributed by atoms with van der Waals surface area (Å²) in [4.78, 5) is 2.48. The van der Waals surface area contributed by atoms with Crippen LogP contribution in [0.2, 0.25) is 0 Å². The highest BCUT2D eigenvalue weighted by atomic mass is 16.5. The number of nitrogens with two attached hydrogens (primary N) is 1. The first kappa shape index (κ1) is 12.4. The van der Waals surface area contributed by atoms with Crippen LogP contribution in [-0.4, -0.2) is 30.2 Å². The Bertz CT molecular complexity index is 353. The molecule has 0 saturated carbocycles. The fourth-order valence-electron chi connectivity index (χ4n) is 2.52. The van der Waals surface area contributed by atoms with E-state index in [0.29, 0.717) is 18.2 Å². The predicted octanol–water partition coefficient (Wildman–Crippen LogP) is 2.44. The van der Waals surface area contributed by atoms with Gasteiger partial charge in [0.05, 0.1) is 12.2 Å². The average molecular weight is 234 g/mol. The van der Waals surface area contributed by atoms with E-state index >= 15 is 0 Å². The van der Waals surface area contributed by atoms with Crippen LogP contribution in [0.3, 0.4) is 0 Å². The summed E-state index contributed by atoms with van der Waals surface area (Å²) in [6.07, 6.45) is 0.630. The van der Waals surface area contributed by atoms with Gasteiger partial charge in [0.1, 0.15) is 0 Å². The Morgan fingerprint density at radius 2 is 1.71 bits per heavy atom. The summed E-state index contributed by atoms with van der Waals surface area (Å²) in [5, 5.41) is 0. The Kier molecular flexibility index (Phi) is 3.69. The van der Waals surface area contributed by atoms with Crippen molar-refractivity contribution in [2.75, 3.05) is 18.8 Å². The molecule has 1 unspecified atom stereocenters. The summed E-state index contributed by atoms with van der Waals surface area (Å²) in [5.74, 6) is 0. The second-order valence-corrected chi connectivity index (χ2v) is 5.05. The zero-order chi connectivity index (χ0) is 12.4. The molecule has 1 saturated heterocycles. The number of benzene rings is 1. The van der Waals surface area contributed by atoms with Gasteiger partial charge in [-0.1, -0.05) is 12.1 Å². The van der Waals surface area contributed by atoms with E-state index in [1.165, 1.54) is 5.56 Å². The molecule has 3 atom stereocenters. The monoisotopic (exact) mass is 234 g/mol. The molecule has 0 amide bonds. The summed E-state index contributed by atoms with van der Waals surface area (Å²) in [5.41, 5.74) is 7.86. The van der Waals surface area contributed by atoms with Crippen LogP contribution in [-0.2, 0) is 4.74 Å². The van der Waals surface area contributed by atoms with E-state index in [1.807, 2.05) is 12.1 Å². The van der Waals surface area contributed by atoms with Crippen LogP contribution < -0.4 is 5.73 Å². The van der Waals surface area contributed by atoms with E-state index in [-0.39, 0.29) is 0 Å². The lowest BCUT2D eigenvalue weighted by Gasteiger charge is -2.39. The number of nitrogen functional groups attached to an aromatic ring is 1. The first-order valence-electron chi connectivity index (χ1n) is 6.31. The fourth-order valence-corrected chi connectivity index (χ4v) is 2.52. The molecule has 1 aliphatic rings. The van der Waals surface area contributed by atoms with Crippen molar-refractivity contribution in [1.29, 1.82) is 0 Å². The highest BCUT2D eigenvalue weighted by molar-refractivity contribution is 5.40. The van der Waals surface area contributed by atoms with E-state index in [2.05, 4.69) is 37.8 Å². The molecule has 0 bridgehead atoms. The Balaban J connectivity index is 2.08. The molecule has 17 heavy (non-hydrogen) atoms. The van der Waals surface area contributed by atoms with E-state index < -0.39 is 0 Å². The standard InChI is InChI=1S/C14H22N2O/c1-10-8-16(9-11(2)17-10)12(3)13-4-6-14(15)7-5-13/h4-7,10-12H,8-9,15H2,1-3H3/t10-,11+,12?.